The Morgan fingerprint density at radius 3 is 2.73 bits per heavy atom. The summed E-state index contributed by atoms with van der Waals surface area (Å²) in [6.45, 7) is 0. The van der Waals surface area contributed by atoms with Gasteiger partial charge in [0.2, 0.25) is 0 Å². The quantitative estimate of drug-likeness (QED) is 0.446. The number of methoxy groups -OCH3 is 1. The molecule has 3 heteroatoms. The number of esters is 1. The Bertz CT molecular complexity index is 394. The van der Waals surface area contributed by atoms with E-state index in [0.29, 0.717) is 5.02 Å². The van der Waals surface area contributed by atoms with Gasteiger partial charge in [0.1, 0.15) is 0 Å². The Labute approximate surface area is 93.8 Å². The van der Waals surface area contributed by atoms with Gasteiger partial charge in [-0.3, -0.25) is 0 Å². The number of allylic oxidation sites excluding steroid dienone is 2. The van der Waals surface area contributed by atoms with Crippen molar-refractivity contribution in [1.29, 1.82) is 0 Å². The number of ether oxygens (including phenoxy) is 1. The van der Waals surface area contributed by atoms with Crippen molar-refractivity contribution in [3.8, 4) is 0 Å². The molecule has 0 unspecified atom stereocenters. The zero-order chi connectivity index (χ0) is 11.1. The van der Waals surface area contributed by atoms with Gasteiger partial charge in [-0.1, -0.05) is 48.0 Å². The first-order chi connectivity index (χ1) is 7.24. The van der Waals surface area contributed by atoms with Crippen molar-refractivity contribution < 1.29 is 9.53 Å². The van der Waals surface area contributed by atoms with E-state index in [4.69, 9.17) is 11.6 Å². The largest absolute Gasteiger partial charge is 0.466 e. The van der Waals surface area contributed by atoms with Crippen LogP contribution in [-0.2, 0) is 9.53 Å². The van der Waals surface area contributed by atoms with Gasteiger partial charge in [0.15, 0.2) is 0 Å². The van der Waals surface area contributed by atoms with Gasteiger partial charge < -0.3 is 4.74 Å². The second-order valence-electron chi connectivity index (χ2n) is 2.76. The number of hydrogen-bond acceptors (Lipinski definition) is 2. The summed E-state index contributed by atoms with van der Waals surface area (Å²) in [7, 11) is 1.34. The van der Waals surface area contributed by atoms with E-state index >= 15 is 0 Å². The third kappa shape index (κ3) is 4.00. The molecule has 2 nitrogen and oxygen atoms in total. The molecule has 0 saturated heterocycles. The zero-order valence-electron chi connectivity index (χ0n) is 8.31. The molecule has 1 aromatic carbocycles. The highest BCUT2D eigenvalue weighted by molar-refractivity contribution is 6.32. The van der Waals surface area contributed by atoms with E-state index in [-0.39, 0.29) is 5.97 Å². The third-order valence-corrected chi connectivity index (χ3v) is 2.07. The molecule has 0 heterocycles. The van der Waals surface area contributed by atoms with Crippen molar-refractivity contribution in [3.05, 3.63) is 53.1 Å². The van der Waals surface area contributed by atoms with Gasteiger partial charge in [0.25, 0.3) is 0 Å². The molecule has 0 aliphatic heterocycles. The van der Waals surface area contributed by atoms with Gasteiger partial charge in [-0.15, -0.1) is 0 Å². The highest BCUT2D eigenvalue weighted by Crippen LogP contribution is 2.15. The summed E-state index contributed by atoms with van der Waals surface area (Å²) in [6, 6.07) is 7.47. The molecular formula is C12H11ClO2. The Kier molecular flexibility index (Phi) is 4.64. The second kappa shape index (κ2) is 6.04. The van der Waals surface area contributed by atoms with Crippen molar-refractivity contribution in [2.45, 2.75) is 0 Å². The Morgan fingerprint density at radius 2 is 2.07 bits per heavy atom. The molecule has 0 N–H and O–H groups in total. The third-order valence-electron chi connectivity index (χ3n) is 1.73. The fourth-order valence-corrected chi connectivity index (χ4v) is 1.17. The van der Waals surface area contributed by atoms with Crippen LogP contribution in [0.1, 0.15) is 5.56 Å². The van der Waals surface area contributed by atoms with Crippen LogP contribution in [0.15, 0.2) is 42.5 Å². The lowest BCUT2D eigenvalue weighted by Crippen LogP contribution is -1.92. The van der Waals surface area contributed by atoms with Crippen LogP contribution in [0, 0.1) is 0 Å². The fourth-order valence-electron chi connectivity index (χ4n) is 0.972. The number of rotatable bonds is 3. The predicted octanol–water partition coefficient (Wildman–Crippen LogP) is 3.08. The Morgan fingerprint density at radius 1 is 1.33 bits per heavy atom. The molecule has 0 atom stereocenters. The summed E-state index contributed by atoms with van der Waals surface area (Å²) < 4.78 is 4.44. The molecule has 0 aliphatic rings. The number of benzene rings is 1. The minimum absolute atomic E-state index is 0.376. The molecule has 0 saturated carbocycles. The highest BCUT2D eigenvalue weighted by Gasteiger charge is 1.92. The van der Waals surface area contributed by atoms with E-state index in [1.165, 1.54) is 13.2 Å². The van der Waals surface area contributed by atoms with Crippen molar-refractivity contribution >= 4 is 23.6 Å². The highest BCUT2D eigenvalue weighted by atomic mass is 35.5. The van der Waals surface area contributed by atoms with Gasteiger partial charge >= 0.3 is 5.97 Å². The molecule has 0 aliphatic carbocycles. The first-order valence-electron chi connectivity index (χ1n) is 4.41. The lowest BCUT2D eigenvalue weighted by Gasteiger charge is -1.94. The molecular weight excluding hydrogens is 212 g/mol. The monoisotopic (exact) mass is 222 g/mol. The van der Waals surface area contributed by atoms with Crippen molar-refractivity contribution in [1.82, 2.24) is 0 Å². The number of hydrogen-bond donors (Lipinski definition) is 0. The van der Waals surface area contributed by atoms with Crippen molar-refractivity contribution in [2.24, 2.45) is 0 Å². The smallest absolute Gasteiger partial charge is 0.330 e. The molecule has 1 aromatic rings. The summed E-state index contributed by atoms with van der Waals surface area (Å²) in [5, 5.41) is 0.681. The zero-order valence-corrected chi connectivity index (χ0v) is 9.07. The SMILES string of the molecule is COC(=O)C=CC=Cc1ccccc1Cl. The molecule has 0 spiro atoms. The number of halogens is 1. The van der Waals surface area contributed by atoms with Crippen LogP contribution in [0.5, 0.6) is 0 Å². The molecule has 0 aromatic heterocycles. The van der Waals surface area contributed by atoms with Crippen molar-refractivity contribution in [3.63, 3.8) is 0 Å². The predicted molar refractivity (Wildman–Crippen MR) is 61.6 cm³/mol. The van der Waals surface area contributed by atoms with Gasteiger partial charge in [0, 0.05) is 11.1 Å². The van der Waals surface area contributed by atoms with Crippen LogP contribution in [0.2, 0.25) is 5.02 Å². The number of carbonyl (C=O) groups excluding carboxylic acids is 1. The Hall–Kier alpha value is -1.54. The van der Waals surface area contributed by atoms with Gasteiger partial charge in [-0.25, -0.2) is 4.79 Å². The van der Waals surface area contributed by atoms with Crippen LogP contribution >= 0.6 is 11.6 Å². The van der Waals surface area contributed by atoms with Crippen LogP contribution < -0.4 is 0 Å². The average molecular weight is 223 g/mol. The van der Waals surface area contributed by atoms with E-state index in [0.717, 1.165) is 5.56 Å². The lowest BCUT2D eigenvalue weighted by atomic mass is 10.2. The summed E-state index contributed by atoms with van der Waals surface area (Å²) in [6.07, 6.45) is 6.50. The topological polar surface area (TPSA) is 26.3 Å². The van der Waals surface area contributed by atoms with Crippen molar-refractivity contribution in [2.75, 3.05) is 7.11 Å². The first-order valence-corrected chi connectivity index (χ1v) is 4.79. The van der Waals surface area contributed by atoms with Gasteiger partial charge in [-0.05, 0) is 11.6 Å². The Balaban J connectivity index is 2.63. The van der Waals surface area contributed by atoms with Crippen LogP contribution in [0.4, 0.5) is 0 Å². The molecule has 0 fully saturated rings. The molecule has 0 bridgehead atoms. The molecule has 15 heavy (non-hydrogen) atoms. The number of carbonyl (C=O) groups is 1. The summed E-state index contributed by atoms with van der Waals surface area (Å²) >= 11 is 5.93. The van der Waals surface area contributed by atoms with Gasteiger partial charge in [-0.2, -0.15) is 0 Å². The van der Waals surface area contributed by atoms with Crippen LogP contribution in [0.25, 0.3) is 6.08 Å². The second-order valence-corrected chi connectivity index (χ2v) is 3.17. The van der Waals surface area contributed by atoms with Gasteiger partial charge in [0.05, 0.1) is 7.11 Å². The minimum Gasteiger partial charge on any atom is -0.466 e. The first kappa shape index (κ1) is 11.5. The standard InChI is InChI=1S/C12H11ClO2/c1-15-12(14)9-5-3-7-10-6-2-4-8-11(10)13/h2-9H,1H3. The maximum atomic E-state index is 10.7. The fraction of sp³-hybridized carbons (Fsp3) is 0.0833. The van der Waals surface area contributed by atoms with E-state index in [1.54, 1.807) is 12.2 Å². The molecule has 78 valence electrons. The summed E-state index contributed by atoms with van der Waals surface area (Å²) in [5.74, 6) is -0.376. The average Bonchev–Trinajstić information content (AvgIpc) is 2.26. The minimum atomic E-state index is -0.376. The summed E-state index contributed by atoms with van der Waals surface area (Å²) in [4.78, 5) is 10.7. The lowest BCUT2D eigenvalue weighted by molar-refractivity contribution is -0.134. The van der Waals surface area contributed by atoms with E-state index in [2.05, 4.69) is 4.74 Å². The van der Waals surface area contributed by atoms with E-state index in [1.807, 2.05) is 30.3 Å². The maximum absolute atomic E-state index is 10.7. The maximum Gasteiger partial charge on any atom is 0.330 e. The van der Waals surface area contributed by atoms with E-state index in [9.17, 15) is 4.79 Å². The van der Waals surface area contributed by atoms with Crippen LogP contribution in [0.3, 0.4) is 0 Å². The molecule has 0 radical (unpaired) electrons. The normalized spacial score (nSPS) is 11.1. The summed E-state index contributed by atoms with van der Waals surface area (Å²) in [5.41, 5.74) is 0.911. The molecule has 0 amide bonds. The molecule has 1 rings (SSSR count). The van der Waals surface area contributed by atoms with Crippen LogP contribution in [-0.4, -0.2) is 13.1 Å². The van der Waals surface area contributed by atoms with E-state index < -0.39 is 0 Å².